The Hall–Kier alpha value is -2.72. The van der Waals surface area contributed by atoms with Crippen LogP contribution in [0.3, 0.4) is 0 Å². The molecule has 1 aromatic rings. The van der Waals surface area contributed by atoms with Gasteiger partial charge in [0, 0.05) is 6.54 Å². The van der Waals surface area contributed by atoms with Crippen molar-refractivity contribution in [1.29, 1.82) is 0 Å². The van der Waals surface area contributed by atoms with Gasteiger partial charge in [0.15, 0.2) is 6.61 Å². The van der Waals surface area contributed by atoms with Crippen LogP contribution in [0.5, 0.6) is 0 Å². The highest BCUT2D eigenvalue weighted by Crippen LogP contribution is 2.13. The highest BCUT2D eigenvalue weighted by molar-refractivity contribution is 7.89. The van der Waals surface area contributed by atoms with Gasteiger partial charge in [0.1, 0.15) is 6.04 Å². The number of hydrogen-bond donors (Lipinski definition) is 3. The van der Waals surface area contributed by atoms with Crippen molar-refractivity contribution in [3.8, 4) is 0 Å². The third kappa shape index (κ3) is 7.49. The number of urea groups is 1. The predicted octanol–water partition coefficient (Wildman–Crippen LogP) is 0.853. The van der Waals surface area contributed by atoms with Gasteiger partial charge in [-0.1, -0.05) is 37.6 Å². The van der Waals surface area contributed by atoms with E-state index in [1.807, 2.05) is 12.2 Å². The lowest BCUT2D eigenvalue weighted by Gasteiger charge is -2.20. The van der Waals surface area contributed by atoms with Gasteiger partial charge in [-0.25, -0.2) is 13.2 Å². The number of carbonyl (C=O) groups is 3. The predicted molar refractivity (Wildman–Crippen MR) is 103 cm³/mol. The van der Waals surface area contributed by atoms with Crippen LogP contribution in [0.1, 0.15) is 19.4 Å². The van der Waals surface area contributed by atoms with E-state index < -0.39 is 46.5 Å². The molecule has 0 saturated heterocycles. The second-order valence-corrected chi connectivity index (χ2v) is 8.02. The Balaban J connectivity index is 2.71. The molecule has 0 radical (unpaired) electrons. The van der Waals surface area contributed by atoms with Crippen LogP contribution < -0.4 is 15.4 Å². The smallest absolute Gasteiger partial charge is 0.324 e. The number of imide groups is 1. The van der Waals surface area contributed by atoms with Crippen LogP contribution in [0.2, 0.25) is 0 Å². The zero-order valence-electron chi connectivity index (χ0n) is 16.0. The number of carbonyl (C=O) groups excluding carboxylic acids is 3. The normalized spacial score (nSPS) is 12.1. The molecule has 3 amide bonds. The summed E-state index contributed by atoms with van der Waals surface area (Å²) in [6.07, 6.45) is 1.43. The van der Waals surface area contributed by atoms with E-state index in [0.717, 1.165) is 5.56 Å². The van der Waals surface area contributed by atoms with Crippen molar-refractivity contribution >= 4 is 27.9 Å². The van der Waals surface area contributed by atoms with Gasteiger partial charge in [-0.05, 0) is 25.0 Å². The molecule has 1 atom stereocenters. The molecular weight excluding hydrogens is 386 g/mol. The van der Waals surface area contributed by atoms with E-state index in [1.54, 1.807) is 26.0 Å². The standard InChI is InChI=1S/C18H25N3O6S/c1-5-10-19-18(24)20-15(22)11-27-17(23)16(12(2)3)21-28(25,26)14-8-6-13(4)7-9-14/h5-9,12,16,21H,1,10-11H2,2-4H3,(H2,19,20,22,24). The molecule has 0 aliphatic heterocycles. The van der Waals surface area contributed by atoms with Crippen LogP contribution in [-0.2, 0) is 24.3 Å². The summed E-state index contributed by atoms with van der Waals surface area (Å²) in [6.45, 7) is 7.93. The van der Waals surface area contributed by atoms with Crippen molar-refractivity contribution in [2.45, 2.75) is 31.7 Å². The second kappa shape index (κ2) is 10.6. The number of ether oxygens (including phenoxy) is 1. The highest BCUT2D eigenvalue weighted by atomic mass is 32.2. The van der Waals surface area contributed by atoms with Gasteiger partial charge < -0.3 is 10.1 Å². The maximum atomic E-state index is 12.5. The van der Waals surface area contributed by atoms with Crippen molar-refractivity contribution in [3.63, 3.8) is 0 Å². The van der Waals surface area contributed by atoms with Gasteiger partial charge in [-0.3, -0.25) is 14.9 Å². The molecule has 0 saturated carbocycles. The van der Waals surface area contributed by atoms with Crippen LogP contribution >= 0.6 is 0 Å². The van der Waals surface area contributed by atoms with E-state index in [0.29, 0.717) is 0 Å². The van der Waals surface area contributed by atoms with Crippen molar-refractivity contribution in [2.24, 2.45) is 5.92 Å². The molecule has 1 aromatic carbocycles. The van der Waals surface area contributed by atoms with Crippen molar-refractivity contribution in [1.82, 2.24) is 15.4 Å². The average molecular weight is 411 g/mol. The van der Waals surface area contributed by atoms with E-state index in [-0.39, 0.29) is 11.4 Å². The summed E-state index contributed by atoms with van der Waals surface area (Å²) in [5.41, 5.74) is 0.891. The molecule has 0 fully saturated rings. The Morgan fingerprint density at radius 3 is 2.32 bits per heavy atom. The molecular formula is C18H25N3O6S. The summed E-state index contributed by atoms with van der Waals surface area (Å²) >= 11 is 0. The first-order chi connectivity index (χ1) is 13.1. The van der Waals surface area contributed by atoms with Crippen molar-refractivity contribution in [2.75, 3.05) is 13.2 Å². The Morgan fingerprint density at radius 2 is 1.79 bits per heavy atom. The zero-order chi connectivity index (χ0) is 21.3. The Morgan fingerprint density at radius 1 is 1.18 bits per heavy atom. The molecule has 3 N–H and O–H groups in total. The molecule has 0 aliphatic carbocycles. The van der Waals surface area contributed by atoms with Crippen LogP contribution in [0, 0.1) is 12.8 Å². The molecule has 0 aliphatic rings. The molecule has 10 heteroatoms. The van der Waals surface area contributed by atoms with Gasteiger partial charge in [0.05, 0.1) is 4.90 Å². The Labute approximate surface area is 164 Å². The van der Waals surface area contributed by atoms with Crippen molar-refractivity contribution in [3.05, 3.63) is 42.5 Å². The maximum absolute atomic E-state index is 12.5. The zero-order valence-corrected chi connectivity index (χ0v) is 16.8. The molecule has 9 nitrogen and oxygen atoms in total. The fourth-order valence-corrected chi connectivity index (χ4v) is 3.34. The molecule has 0 bridgehead atoms. The first kappa shape index (κ1) is 23.3. The van der Waals surface area contributed by atoms with Gasteiger partial charge in [0.25, 0.3) is 5.91 Å². The van der Waals surface area contributed by atoms with Crippen molar-refractivity contribution < 1.29 is 27.5 Å². The van der Waals surface area contributed by atoms with Crippen LogP contribution in [-0.4, -0.2) is 45.5 Å². The average Bonchev–Trinajstić information content (AvgIpc) is 2.62. The SMILES string of the molecule is C=CCNC(=O)NC(=O)COC(=O)C(NS(=O)(=O)c1ccc(C)cc1)C(C)C. The van der Waals surface area contributed by atoms with E-state index in [2.05, 4.69) is 16.6 Å². The summed E-state index contributed by atoms with van der Waals surface area (Å²) in [5, 5.41) is 4.29. The van der Waals surface area contributed by atoms with E-state index in [1.165, 1.54) is 18.2 Å². The third-order valence-electron chi connectivity index (χ3n) is 3.54. The van der Waals surface area contributed by atoms with Crippen LogP contribution in [0.15, 0.2) is 41.8 Å². The largest absolute Gasteiger partial charge is 0.454 e. The minimum absolute atomic E-state index is 0.00758. The molecule has 154 valence electrons. The summed E-state index contributed by atoms with van der Waals surface area (Å²) in [5.74, 6) is -2.21. The lowest BCUT2D eigenvalue weighted by atomic mass is 10.1. The monoisotopic (exact) mass is 411 g/mol. The Bertz CT molecular complexity index is 818. The van der Waals surface area contributed by atoms with Crippen LogP contribution in [0.25, 0.3) is 0 Å². The van der Waals surface area contributed by atoms with Gasteiger partial charge in [-0.2, -0.15) is 4.72 Å². The summed E-state index contributed by atoms with van der Waals surface area (Å²) < 4.78 is 32.1. The quantitative estimate of drug-likeness (QED) is 0.408. The minimum atomic E-state index is -3.96. The fraction of sp³-hybridized carbons (Fsp3) is 0.389. The lowest BCUT2D eigenvalue weighted by Crippen LogP contribution is -2.47. The number of hydrogen-bond acceptors (Lipinski definition) is 6. The van der Waals surface area contributed by atoms with E-state index >= 15 is 0 Å². The second-order valence-electron chi connectivity index (χ2n) is 6.31. The van der Waals surface area contributed by atoms with Gasteiger partial charge >= 0.3 is 12.0 Å². The molecule has 1 unspecified atom stereocenters. The number of nitrogens with one attached hydrogen (secondary N) is 3. The lowest BCUT2D eigenvalue weighted by molar-refractivity contribution is -0.150. The van der Waals surface area contributed by atoms with Gasteiger partial charge in [-0.15, -0.1) is 6.58 Å². The molecule has 0 aromatic heterocycles. The maximum Gasteiger partial charge on any atom is 0.324 e. The first-order valence-corrected chi connectivity index (χ1v) is 9.99. The van der Waals surface area contributed by atoms with E-state index in [9.17, 15) is 22.8 Å². The number of esters is 1. The summed E-state index contributed by atoms with van der Waals surface area (Å²) in [6, 6.07) is 4.17. The molecule has 1 rings (SSSR count). The van der Waals surface area contributed by atoms with E-state index in [4.69, 9.17) is 4.74 Å². The van der Waals surface area contributed by atoms with Gasteiger partial charge in [0.2, 0.25) is 10.0 Å². The fourth-order valence-electron chi connectivity index (χ4n) is 2.01. The number of aryl methyl sites for hydroxylation is 1. The van der Waals surface area contributed by atoms with Crippen LogP contribution in [0.4, 0.5) is 4.79 Å². The number of sulfonamides is 1. The summed E-state index contributed by atoms with van der Waals surface area (Å²) in [7, 11) is -3.96. The molecule has 28 heavy (non-hydrogen) atoms. The highest BCUT2D eigenvalue weighted by Gasteiger charge is 2.30. The molecule has 0 spiro atoms. The first-order valence-electron chi connectivity index (χ1n) is 8.51. The number of benzene rings is 1. The summed E-state index contributed by atoms with van der Waals surface area (Å²) in [4.78, 5) is 35.3. The number of rotatable bonds is 9. The minimum Gasteiger partial charge on any atom is -0.454 e. The third-order valence-corrected chi connectivity index (χ3v) is 5.00. The number of amides is 3. The topological polar surface area (TPSA) is 131 Å². The molecule has 0 heterocycles. The Kier molecular flexibility index (Phi) is 8.80.